The topological polar surface area (TPSA) is 111 Å². The van der Waals surface area contributed by atoms with Crippen LogP contribution in [0, 0.1) is 13.8 Å². The molecular weight excluding hydrogens is 322 g/mol. The van der Waals surface area contributed by atoms with Gasteiger partial charge in [-0.15, -0.1) is 0 Å². The van der Waals surface area contributed by atoms with Crippen molar-refractivity contribution >= 4 is 17.6 Å². The van der Waals surface area contributed by atoms with Gasteiger partial charge in [-0.05, 0) is 39.0 Å². The Labute approximate surface area is 146 Å². The normalized spacial score (nSPS) is 11.7. The van der Waals surface area contributed by atoms with Gasteiger partial charge in [0.1, 0.15) is 5.75 Å². The van der Waals surface area contributed by atoms with Crippen LogP contribution in [0.15, 0.2) is 18.2 Å². The highest BCUT2D eigenvalue weighted by molar-refractivity contribution is 5.97. The maximum absolute atomic E-state index is 12.4. The van der Waals surface area contributed by atoms with Crippen molar-refractivity contribution in [2.24, 2.45) is 12.8 Å². The predicted octanol–water partition coefficient (Wildman–Crippen LogP) is 2.03. The van der Waals surface area contributed by atoms with Crippen LogP contribution in [0.5, 0.6) is 5.75 Å². The number of rotatable bonds is 5. The number of nitrogens with two attached hydrogens (primary N) is 1. The number of carbonyl (C=O) groups is 2. The van der Waals surface area contributed by atoms with Crippen LogP contribution in [0.1, 0.15) is 40.3 Å². The van der Waals surface area contributed by atoms with E-state index >= 15 is 0 Å². The Bertz CT molecular complexity index is 813. The third kappa shape index (κ3) is 3.90. The molecule has 25 heavy (non-hydrogen) atoms. The third-order valence-electron chi connectivity index (χ3n) is 4.08. The lowest BCUT2D eigenvalue weighted by Gasteiger charge is -2.17. The first kappa shape index (κ1) is 18.3. The summed E-state index contributed by atoms with van der Waals surface area (Å²) in [7, 11) is 3.34. The summed E-state index contributed by atoms with van der Waals surface area (Å²) >= 11 is 0. The van der Waals surface area contributed by atoms with Crippen molar-refractivity contribution in [3.05, 3.63) is 40.7 Å². The highest BCUT2D eigenvalue weighted by Crippen LogP contribution is 2.26. The molecule has 1 heterocycles. The van der Waals surface area contributed by atoms with Crippen molar-refractivity contribution in [2.45, 2.75) is 26.8 Å². The molecule has 0 aliphatic heterocycles. The maximum atomic E-state index is 12.4. The number of benzene rings is 1. The molecule has 4 N–H and O–H groups in total. The summed E-state index contributed by atoms with van der Waals surface area (Å²) in [5, 5.41) is 9.91. The first-order valence-electron chi connectivity index (χ1n) is 7.80. The van der Waals surface area contributed by atoms with Crippen molar-refractivity contribution in [3.8, 4) is 5.75 Å². The Morgan fingerprint density at radius 3 is 2.52 bits per heavy atom. The summed E-state index contributed by atoms with van der Waals surface area (Å²) in [5.74, 6) is -0.150. The van der Waals surface area contributed by atoms with Crippen molar-refractivity contribution in [1.29, 1.82) is 0 Å². The fourth-order valence-electron chi connectivity index (χ4n) is 2.80. The largest absolute Gasteiger partial charge is 0.495 e. The molecule has 0 unspecified atom stereocenters. The number of aromatic nitrogens is 2. The summed E-state index contributed by atoms with van der Waals surface area (Å²) in [6, 6.07) is 3.93. The Morgan fingerprint density at radius 2 is 2.00 bits per heavy atom. The molecule has 2 rings (SSSR count). The number of carbonyl (C=O) groups excluding carboxylic acids is 2. The summed E-state index contributed by atoms with van der Waals surface area (Å²) < 4.78 is 6.98. The molecular formula is C17H23N5O3. The number of ether oxygens (including phenoxy) is 1. The highest BCUT2D eigenvalue weighted by atomic mass is 16.5. The maximum Gasteiger partial charge on any atom is 0.319 e. The lowest BCUT2D eigenvalue weighted by atomic mass is 10.1. The van der Waals surface area contributed by atoms with Crippen molar-refractivity contribution < 1.29 is 14.3 Å². The number of nitrogens with zero attached hydrogens (tertiary/aromatic N) is 2. The van der Waals surface area contributed by atoms with E-state index in [2.05, 4.69) is 15.7 Å². The fourth-order valence-corrected chi connectivity index (χ4v) is 2.80. The quantitative estimate of drug-likeness (QED) is 0.770. The van der Waals surface area contributed by atoms with Gasteiger partial charge >= 0.3 is 6.03 Å². The monoisotopic (exact) mass is 345 g/mol. The molecule has 0 aliphatic rings. The molecule has 0 radical (unpaired) electrons. The van der Waals surface area contributed by atoms with Crippen LogP contribution < -0.4 is 21.1 Å². The number of anilines is 1. The van der Waals surface area contributed by atoms with E-state index in [-0.39, 0.29) is 11.6 Å². The van der Waals surface area contributed by atoms with E-state index in [1.807, 2.05) is 27.8 Å². The van der Waals surface area contributed by atoms with E-state index in [9.17, 15) is 9.59 Å². The zero-order chi connectivity index (χ0) is 18.7. The van der Waals surface area contributed by atoms with E-state index in [4.69, 9.17) is 10.5 Å². The van der Waals surface area contributed by atoms with Crippen LogP contribution in [0.3, 0.4) is 0 Å². The van der Waals surface area contributed by atoms with Crippen LogP contribution >= 0.6 is 0 Å². The van der Waals surface area contributed by atoms with Crippen LogP contribution in [0.4, 0.5) is 10.5 Å². The fraction of sp³-hybridized carbons (Fsp3) is 0.353. The average Bonchev–Trinajstić information content (AvgIpc) is 2.79. The van der Waals surface area contributed by atoms with Crippen molar-refractivity contribution in [1.82, 2.24) is 15.1 Å². The van der Waals surface area contributed by atoms with Gasteiger partial charge in [-0.2, -0.15) is 5.10 Å². The Balaban J connectivity index is 2.17. The summed E-state index contributed by atoms with van der Waals surface area (Å²) in [6.07, 6.45) is 0. The van der Waals surface area contributed by atoms with E-state index < -0.39 is 11.9 Å². The number of amides is 3. The standard InChI is InChI=1S/C17H23N5O3/c1-9(15-10(2)21-22(4)11(15)3)19-17(24)20-13-8-12(16(18)23)6-7-14(13)25-5/h6-9H,1-5H3,(H2,18,23)(H2,19,20,24)/t9-/m1/s1. The Kier molecular flexibility index (Phi) is 5.31. The molecule has 0 fully saturated rings. The van der Waals surface area contributed by atoms with Gasteiger partial charge in [0, 0.05) is 23.9 Å². The first-order valence-corrected chi connectivity index (χ1v) is 7.80. The third-order valence-corrected chi connectivity index (χ3v) is 4.08. The highest BCUT2D eigenvalue weighted by Gasteiger charge is 2.19. The lowest BCUT2D eigenvalue weighted by Crippen LogP contribution is -2.32. The number of urea groups is 1. The second-order valence-electron chi connectivity index (χ2n) is 5.81. The lowest BCUT2D eigenvalue weighted by molar-refractivity contribution is 0.1000. The van der Waals surface area contributed by atoms with Gasteiger partial charge in [-0.1, -0.05) is 0 Å². The molecule has 1 atom stereocenters. The number of methoxy groups -OCH3 is 1. The molecule has 0 saturated carbocycles. The Hall–Kier alpha value is -3.03. The number of aryl methyl sites for hydroxylation is 2. The summed E-state index contributed by atoms with van der Waals surface area (Å²) in [4.78, 5) is 23.7. The molecule has 3 amide bonds. The number of hydrogen-bond donors (Lipinski definition) is 3. The minimum Gasteiger partial charge on any atom is -0.495 e. The van der Waals surface area contributed by atoms with Crippen LogP contribution in [-0.2, 0) is 7.05 Å². The average molecular weight is 345 g/mol. The van der Waals surface area contributed by atoms with Gasteiger partial charge in [0.15, 0.2) is 0 Å². The van der Waals surface area contributed by atoms with Gasteiger partial charge in [-0.3, -0.25) is 9.48 Å². The number of primary amides is 1. The van der Waals surface area contributed by atoms with Gasteiger partial charge in [0.05, 0.1) is 24.5 Å². The molecule has 1 aromatic carbocycles. The predicted molar refractivity (Wildman–Crippen MR) is 94.8 cm³/mol. The van der Waals surface area contributed by atoms with Gasteiger partial charge in [0.2, 0.25) is 5.91 Å². The first-order chi connectivity index (χ1) is 11.7. The molecule has 1 aromatic heterocycles. The second kappa shape index (κ2) is 7.25. The molecule has 2 aromatic rings. The minimum atomic E-state index is -0.582. The minimum absolute atomic E-state index is 0.237. The molecule has 8 heteroatoms. The molecule has 134 valence electrons. The molecule has 0 saturated heterocycles. The van der Waals surface area contributed by atoms with E-state index in [0.29, 0.717) is 11.4 Å². The van der Waals surface area contributed by atoms with Crippen LogP contribution in [-0.4, -0.2) is 28.8 Å². The molecule has 0 bridgehead atoms. The van der Waals surface area contributed by atoms with Gasteiger partial charge in [0.25, 0.3) is 0 Å². The van der Waals surface area contributed by atoms with Crippen LogP contribution in [0.25, 0.3) is 0 Å². The van der Waals surface area contributed by atoms with Crippen LogP contribution in [0.2, 0.25) is 0 Å². The summed E-state index contributed by atoms with van der Waals surface area (Å²) in [5.41, 5.74) is 8.74. The van der Waals surface area contributed by atoms with Gasteiger partial charge < -0.3 is 21.1 Å². The zero-order valence-electron chi connectivity index (χ0n) is 15.0. The number of nitrogens with one attached hydrogen (secondary N) is 2. The molecule has 8 nitrogen and oxygen atoms in total. The Morgan fingerprint density at radius 1 is 1.32 bits per heavy atom. The van der Waals surface area contributed by atoms with Crippen molar-refractivity contribution in [2.75, 3.05) is 12.4 Å². The van der Waals surface area contributed by atoms with E-state index in [1.165, 1.54) is 19.2 Å². The van der Waals surface area contributed by atoms with E-state index in [1.54, 1.807) is 10.7 Å². The van der Waals surface area contributed by atoms with Crippen molar-refractivity contribution in [3.63, 3.8) is 0 Å². The molecule has 0 spiro atoms. The summed E-state index contributed by atoms with van der Waals surface area (Å²) in [6.45, 7) is 5.73. The van der Waals surface area contributed by atoms with E-state index in [0.717, 1.165) is 17.0 Å². The van der Waals surface area contributed by atoms with Gasteiger partial charge in [-0.25, -0.2) is 4.79 Å². The number of hydrogen-bond acceptors (Lipinski definition) is 4. The zero-order valence-corrected chi connectivity index (χ0v) is 15.0. The second-order valence-corrected chi connectivity index (χ2v) is 5.81. The SMILES string of the molecule is COc1ccc(C(N)=O)cc1NC(=O)N[C@H](C)c1c(C)nn(C)c1C. The smallest absolute Gasteiger partial charge is 0.319 e. The molecule has 0 aliphatic carbocycles.